The molecule has 0 saturated heterocycles. The Bertz CT molecular complexity index is 1760. The average Bonchev–Trinajstić information content (AvgIpc) is 3.34. The van der Waals surface area contributed by atoms with Gasteiger partial charge in [-0.05, 0) is 109 Å². The molecule has 0 saturated carbocycles. The van der Waals surface area contributed by atoms with E-state index in [-0.39, 0.29) is 32.7 Å². The second-order valence-corrected chi connectivity index (χ2v) is 17.7. The zero-order valence-corrected chi connectivity index (χ0v) is 44.5. The van der Waals surface area contributed by atoms with Crippen molar-refractivity contribution in [1.29, 1.82) is 0 Å². The molecule has 2 unspecified atom stereocenters. The van der Waals surface area contributed by atoms with Gasteiger partial charge in [0.15, 0.2) is 6.10 Å². The van der Waals surface area contributed by atoms with Crippen LogP contribution in [0.15, 0.2) is 170 Å². The Hall–Kier alpha value is -5.35. The molecule has 0 aromatic rings. The van der Waals surface area contributed by atoms with Gasteiger partial charge in [-0.25, -0.2) is 4.79 Å². The van der Waals surface area contributed by atoms with Crippen LogP contribution in [0.1, 0.15) is 142 Å². The van der Waals surface area contributed by atoms with Crippen molar-refractivity contribution in [3.05, 3.63) is 170 Å². The largest absolute Gasteiger partial charge is 0.477 e. The van der Waals surface area contributed by atoms with Crippen LogP contribution in [0.2, 0.25) is 0 Å². The molecule has 0 aliphatic heterocycles. The summed E-state index contributed by atoms with van der Waals surface area (Å²) in [7, 11) is 5.90. The van der Waals surface area contributed by atoms with Crippen molar-refractivity contribution < 1.29 is 42.9 Å². The summed E-state index contributed by atoms with van der Waals surface area (Å²) in [6.45, 7) is 4.44. The lowest BCUT2D eigenvalue weighted by Crippen LogP contribution is -2.40. The summed E-state index contributed by atoms with van der Waals surface area (Å²) in [5, 5.41) is 9.66. The number of esters is 2. The molecule has 0 rings (SSSR count). The van der Waals surface area contributed by atoms with E-state index in [1.807, 2.05) is 33.3 Å². The Morgan fingerprint density at radius 1 is 0.437 bits per heavy atom. The summed E-state index contributed by atoms with van der Waals surface area (Å²) >= 11 is 0. The fourth-order valence-corrected chi connectivity index (χ4v) is 6.02. The Labute approximate surface area is 431 Å². The first kappa shape index (κ1) is 65.7. The van der Waals surface area contributed by atoms with Gasteiger partial charge in [-0.3, -0.25) is 9.59 Å². The Kier molecular flexibility index (Phi) is 47.2. The van der Waals surface area contributed by atoms with E-state index in [1.54, 1.807) is 6.08 Å². The maximum atomic E-state index is 12.8. The van der Waals surface area contributed by atoms with E-state index in [9.17, 15) is 19.5 Å². The van der Waals surface area contributed by atoms with E-state index in [2.05, 4.69) is 166 Å². The first-order chi connectivity index (χ1) is 34.6. The minimum Gasteiger partial charge on any atom is -0.477 e. The Balaban J connectivity index is 4.49. The van der Waals surface area contributed by atoms with Crippen molar-refractivity contribution in [3.63, 3.8) is 0 Å². The topological polar surface area (TPSA) is 108 Å². The zero-order chi connectivity index (χ0) is 52.0. The van der Waals surface area contributed by atoms with Gasteiger partial charge in [0.25, 0.3) is 6.29 Å². The highest BCUT2D eigenvalue weighted by atomic mass is 16.7. The van der Waals surface area contributed by atoms with E-state index in [0.717, 1.165) is 103 Å². The summed E-state index contributed by atoms with van der Waals surface area (Å²) in [6.07, 6.45) is 74.6. The van der Waals surface area contributed by atoms with Crippen molar-refractivity contribution in [2.75, 3.05) is 47.5 Å². The summed E-state index contributed by atoms with van der Waals surface area (Å²) in [6, 6.07) is 0. The van der Waals surface area contributed by atoms with Crippen molar-refractivity contribution >= 4 is 17.9 Å². The van der Waals surface area contributed by atoms with Crippen LogP contribution >= 0.6 is 0 Å². The summed E-state index contributed by atoms with van der Waals surface area (Å²) in [4.78, 5) is 37.2. The molecule has 0 heterocycles. The van der Waals surface area contributed by atoms with Gasteiger partial charge in [-0.1, -0.05) is 190 Å². The lowest BCUT2D eigenvalue weighted by Gasteiger charge is -2.25. The van der Waals surface area contributed by atoms with Crippen LogP contribution in [0, 0.1) is 0 Å². The maximum Gasteiger partial charge on any atom is 0.361 e. The van der Waals surface area contributed by atoms with Crippen LogP contribution in [0.3, 0.4) is 0 Å². The molecule has 0 aliphatic rings. The Morgan fingerprint density at radius 2 is 0.803 bits per heavy atom. The van der Waals surface area contributed by atoms with Gasteiger partial charge in [-0.2, -0.15) is 0 Å². The second-order valence-electron chi connectivity index (χ2n) is 17.7. The molecule has 0 amide bonds. The molecule has 9 heteroatoms. The third-order valence-electron chi connectivity index (χ3n) is 10.0. The van der Waals surface area contributed by atoms with Crippen molar-refractivity contribution in [3.8, 4) is 0 Å². The molecule has 0 fully saturated rings. The van der Waals surface area contributed by atoms with Crippen molar-refractivity contribution in [2.24, 2.45) is 0 Å². The van der Waals surface area contributed by atoms with Gasteiger partial charge in [0.05, 0.1) is 40.8 Å². The molecule has 2 atom stereocenters. The highest BCUT2D eigenvalue weighted by Crippen LogP contribution is 2.10. The number of rotatable bonds is 45. The molecule has 9 nitrogen and oxygen atoms in total. The van der Waals surface area contributed by atoms with Crippen LogP contribution in [0.5, 0.6) is 0 Å². The molecular weight excluding hydrogens is 887 g/mol. The number of nitrogens with zero attached hydrogens (tertiary/aromatic N) is 1. The standard InChI is InChI=1S/C62H93NO8/c1-6-8-10-12-14-16-18-20-22-23-24-25-26-27-28-29-30-31-32-33-34-35-36-37-39-41-43-45-47-49-51-53-60(65)71-58(57-70-62(61(66)67)68-55-54-63(3,4)5)56-69-59(64)52-50-48-46-44-42-40-38-21-19-17-15-13-11-9-7-2/h8-11,14-17,20-22,24-25,27-28,30-31,33-34,36-38,41-44,48,50,58,62H,6-7,12-13,18-19,23,26,29,32,35,39-40,45-47,49,51-57H2,1-5H3/p+1/b10-8-,11-9-,16-14-,17-15-,22-20-,25-24-,28-27-,31-30-,34-33-,37-36-,38-21-,43-41-,44-42-,50-48-. The highest BCUT2D eigenvalue weighted by Gasteiger charge is 2.25. The van der Waals surface area contributed by atoms with Gasteiger partial charge < -0.3 is 28.5 Å². The number of allylic oxidation sites excluding steroid dienone is 27. The van der Waals surface area contributed by atoms with E-state index >= 15 is 0 Å². The highest BCUT2D eigenvalue weighted by molar-refractivity contribution is 5.72. The number of carbonyl (C=O) groups excluding carboxylic acids is 2. The van der Waals surface area contributed by atoms with Gasteiger partial charge in [-0.15, -0.1) is 0 Å². The predicted octanol–water partition coefficient (Wildman–Crippen LogP) is 15.2. The number of hydrogen-bond acceptors (Lipinski definition) is 7. The normalized spacial score (nSPS) is 14.2. The minimum absolute atomic E-state index is 0.0509. The maximum absolute atomic E-state index is 12.8. The van der Waals surface area contributed by atoms with Gasteiger partial charge in [0.1, 0.15) is 13.2 Å². The lowest BCUT2D eigenvalue weighted by atomic mass is 10.1. The monoisotopic (exact) mass is 981 g/mol. The number of unbranched alkanes of at least 4 members (excludes halogenated alkanes) is 3. The Morgan fingerprint density at radius 3 is 1.17 bits per heavy atom. The molecule has 394 valence electrons. The smallest absolute Gasteiger partial charge is 0.361 e. The first-order valence-electron chi connectivity index (χ1n) is 26.3. The molecule has 71 heavy (non-hydrogen) atoms. The zero-order valence-electron chi connectivity index (χ0n) is 44.5. The van der Waals surface area contributed by atoms with Crippen molar-refractivity contribution in [2.45, 2.75) is 155 Å². The molecule has 0 radical (unpaired) electrons. The number of quaternary nitrogens is 1. The number of carbonyl (C=O) groups is 3. The minimum atomic E-state index is -1.55. The molecule has 0 aromatic heterocycles. The number of likely N-dealkylation sites (N-methyl/N-ethyl adjacent to an activating group) is 1. The van der Waals surface area contributed by atoms with E-state index in [1.165, 1.54) is 0 Å². The lowest BCUT2D eigenvalue weighted by molar-refractivity contribution is -0.870. The van der Waals surface area contributed by atoms with Crippen LogP contribution in [0.25, 0.3) is 0 Å². The predicted molar refractivity (Wildman–Crippen MR) is 299 cm³/mol. The SMILES string of the molecule is CC/C=C\C/C=C\C/C=C\C/C=C\C/C=C\C/C=C\C/C=C\C/C=C\C/C=C\CCCCCC(=O)OC(COC(=O)C/C=C\C/C=C\C/C=C\C/C=C\C/C=C\CC)COC(OCC[N+](C)(C)C)C(=O)O. The number of aliphatic carboxylic acids is 1. The fraction of sp³-hybridized carbons (Fsp3) is 0.500. The van der Waals surface area contributed by atoms with Crippen molar-refractivity contribution in [1.82, 2.24) is 0 Å². The fourth-order valence-electron chi connectivity index (χ4n) is 6.02. The summed E-state index contributed by atoms with van der Waals surface area (Å²) in [5.41, 5.74) is 0. The van der Waals surface area contributed by atoms with Gasteiger partial charge in [0.2, 0.25) is 0 Å². The van der Waals surface area contributed by atoms with Crippen LogP contribution in [0.4, 0.5) is 0 Å². The second kappa shape index (κ2) is 51.0. The molecular formula is C62H94NO8+. The number of hydrogen-bond donors (Lipinski definition) is 1. The van der Waals surface area contributed by atoms with E-state index in [0.29, 0.717) is 23.9 Å². The number of ether oxygens (including phenoxy) is 4. The first-order valence-corrected chi connectivity index (χ1v) is 26.3. The molecule has 0 aromatic carbocycles. The average molecular weight is 981 g/mol. The van der Waals surface area contributed by atoms with Crippen LogP contribution < -0.4 is 0 Å². The van der Waals surface area contributed by atoms with E-state index in [4.69, 9.17) is 18.9 Å². The van der Waals surface area contributed by atoms with Gasteiger partial charge in [0, 0.05) is 6.42 Å². The van der Waals surface area contributed by atoms with Gasteiger partial charge >= 0.3 is 17.9 Å². The van der Waals surface area contributed by atoms with Crippen LogP contribution in [-0.2, 0) is 33.3 Å². The summed E-state index contributed by atoms with van der Waals surface area (Å²) < 4.78 is 22.6. The van der Waals surface area contributed by atoms with E-state index < -0.39 is 30.3 Å². The molecule has 0 spiro atoms. The van der Waals surface area contributed by atoms with Crippen LogP contribution in [-0.4, -0.2) is 87.4 Å². The third-order valence-corrected chi connectivity index (χ3v) is 10.0. The number of carboxylic acid groups (broad SMARTS) is 1. The molecule has 0 bridgehead atoms. The molecule has 0 aliphatic carbocycles. The third kappa shape index (κ3) is 52.3. The number of carboxylic acids is 1. The molecule has 1 N–H and O–H groups in total. The summed E-state index contributed by atoms with van der Waals surface area (Å²) in [5.74, 6) is -2.25. The quantitative estimate of drug-likeness (QED) is 0.0211.